The molecule has 4 heteroatoms. The molecule has 2 aromatic carbocycles. The molecule has 1 fully saturated rings. The van der Waals surface area contributed by atoms with Crippen molar-refractivity contribution in [2.45, 2.75) is 31.3 Å². The van der Waals surface area contributed by atoms with Crippen molar-refractivity contribution in [3.8, 4) is 11.3 Å². The lowest BCUT2D eigenvalue weighted by molar-refractivity contribution is 0.0836. The largest absolute Gasteiger partial charge is 0.349 e. The summed E-state index contributed by atoms with van der Waals surface area (Å²) in [5.41, 5.74) is 5.64. The maximum Gasteiger partial charge on any atom is 0.251 e. The van der Waals surface area contributed by atoms with Gasteiger partial charge in [0.1, 0.15) is 0 Å². The summed E-state index contributed by atoms with van der Waals surface area (Å²) >= 11 is 0. The van der Waals surface area contributed by atoms with Crippen LogP contribution < -0.4 is 5.32 Å². The van der Waals surface area contributed by atoms with Gasteiger partial charge < -0.3 is 9.88 Å². The van der Waals surface area contributed by atoms with Gasteiger partial charge in [0.05, 0.1) is 23.8 Å². The zero-order chi connectivity index (χ0) is 17.0. The van der Waals surface area contributed by atoms with Gasteiger partial charge in [-0.2, -0.15) is 0 Å². The highest BCUT2D eigenvalue weighted by molar-refractivity contribution is 5.94. The summed E-state index contributed by atoms with van der Waals surface area (Å²) in [6, 6.07) is 16.5. The van der Waals surface area contributed by atoms with Crippen molar-refractivity contribution in [3.05, 3.63) is 77.7 Å². The summed E-state index contributed by atoms with van der Waals surface area (Å²) in [7, 11) is 0. The van der Waals surface area contributed by atoms with Gasteiger partial charge in [-0.3, -0.25) is 4.79 Å². The van der Waals surface area contributed by atoms with E-state index < -0.39 is 0 Å². The van der Waals surface area contributed by atoms with Crippen LogP contribution in [0.25, 0.3) is 11.3 Å². The van der Waals surface area contributed by atoms with E-state index in [-0.39, 0.29) is 17.5 Å². The van der Waals surface area contributed by atoms with E-state index in [4.69, 9.17) is 0 Å². The molecule has 2 heterocycles. The predicted molar refractivity (Wildman–Crippen MR) is 96.4 cm³/mol. The fourth-order valence-electron chi connectivity index (χ4n) is 4.33. The van der Waals surface area contributed by atoms with Gasteiger partial charge in [-0.15, -0.1) is 0 Å². The SMILES string of the molecule is Cc1ccc(C(=O)NC2CC3(C2)c2ccccc2-c2cncn23)cc1. The van der Waals surface area contributed by atoms with Crippen LogP contribution in [0.3, 0.4) is 0 Å². The highest BCUT2D eigenvalue weighted by atomic mass is 16.1. The molecule has 1 aromatic heterocycles. The zero-order valence-electron chi connectivity index (χ0n) is 14.1. The first kappa shape index (κ1) is 14.5. The fraction of sp³-hybridized carbons (Fsp3) is 0.238. The van der Waals surface area contributed by atoms with Crippen molar-refractivity contribution < 1.29 is 4.79 Å². The number of carbonyl (C=O) groups is 1. The molecular formula is C21H19N3O. The van der Waals surface area contributed by atoms with Crippen molar-refractivity contribution in [1.29, 1.82) is 0 Å². The number of amides is 1. The van der Waals surface area contributed by atoms with Crippen molar-refractivity contribution >= 4 is 5.91 Å². The van der Waals surface area contributed by atoms with Crippen molar-refractivity contribution in [2.24, 2.45) is 0 Å². The van der Waals surface area contributed by atoms with Gasteiger partial charge in [0, 0.05) is 17.2 Å². The number of aryl methyl sites for hydroxylation is 1. The lowest BCUT2D eigenvalue weighted by atomic mass is 9.68. The summed E-state index contributed by atoms with van der Waals surface area (Å²) in [4.78, 5) is 16.8. The second kappa shape index (κ2) is 5.06. The topological polar surface area (TPSA) is 46.9 Å². The average molecular weight is 329 g/mol. The number of nitrogens with zero attached hydrogens (tertiary/aromatic N) is 2. The van der Waals surface area contributed by atoms with Gasteiger partial charge >= 0.3 is 0 Å². The lowest BCUT2D eigenvalue weighted by Crippen LogP contribution is -2.55. The minimum atomic E-state index is -0.0480. The van der Waals surface area contributed by atoms with Gasteiger partial charge in [-0.1, -0.05) is 42.0 Å². The summed E-state index contributed by atoms with van der Waals surface area (Å²) in [6.45, 7) is 2.03. The molecule has 1 amide bonds. The number of carbonyl (C=O) groups excluding carboxylic acids is 1. The minimum Gasteiger partial charge on any atom is -0.349 e. The number of hydrogen-bond acceptors (Lipinski definition) is 2. The molecule has 1 aliphatic carbocycles. The van der Waals surface area contributed by atoms with E-state index >= 15 is 0 Å². The van der Waals surface area contributed by atoms with E-state index in [2.05, 4.69) is 39.1 Å². The first-order valence-corrected chi connectivity index (χ1v) is 8.68. The van der Waals surface area contributed by atoms with Crippen LogP contribution in [0.15, 0.2) is 61.1 Å². The predicted octanol–water partition coefficient (Wildman–Crippen LogP) is 3.51. The maximum absolute atomic E-state index is 12.5. The Morgan fingerprint density at radius 3 is 2.72 bits per heavy atom. The number of rotatable bonds is 2. The third kappa shape index (κ3) is 2.00. The molecule has 3 aromatic rings. The monoisotopic (exact) mass is 329 g/mol. The van der Waals surface area contributed by atoms with Crippen LogP contribution >= 0.6 is 0 Å². The van der Waals surface area contributed by atoms with Gasteiger partial charge in [0.2, 0.25) is 0 Å². The Hall–Kier alpha value is -2.88. The normalized spacial score (nSPS) is 23.0. The zero-order valence-corrected chi connectivity index (χ0v) is 14.1. The van der Waals surface area contributed by atoms with E-state index in [1.54, 1.807) is 0 Å². The van der Waals surface area contributed by atoms with Gasteiger partial charge in [-0.05, 0) is 37.5 Å². The van der Waals surface area contributed by atoms with Crippen LogP contribution in [0.2, 0.25) is 0 Å². The van der Waals surface area contributed by atoms with E-state index in [0.29, 0.717) is 0 Å². The van der Waals surface area contributed by atoms with E-state index in [1.165, 1.54) is 16.8 Å². The molecule has 0 radical (unpaired) electrons. The Balaban J connectivity index is 1.38. The van der Waals surface area contributed by atoms with Gasteiger partial charge in [-0.25, -0.2) is 4.98 Å². The third-order valence-corrected chi connectivity index (χ3v) is 5.62. The molecule has 25 heavy (non-hydrogen) atoms. The first-order chi connectivity index (χ1) is 12.2. The highest BCUT2D eigenvalue weighted by Crippen LogP contribution is 2.54. The Morgan fingerprint density at radius 1 is 1.16 bits per heavy atom. The average Bonchev–Trinajstić information content (AvgIpc) is 3.16. The molecule has 1 saturated carbocycles. The van der Waals surface area contributed by atoms with Crippen LogP contribution in [-0.4, -0.2) is 21.5 Å². The molecule has 0 atom stereocenters. The lowest BCUT2D eigenvalue weighted by Gasteiger charge is -2.47. The molecule has 1 spiro atoms. The van der Waals surface area contributed by atoms with Crippen LogP contribution in [0.5, 0.6) is 0 Å². The standard InChI is InChI=1S/C21H19N3O/c1-14-6-8-15(9-7-14)20(25)23-16-10-21(11-16)18-5-3-2-4-17(18)19-12-22-13-24(19)21/h2-9,12-13,16H,10-11H2,1H3,(H,23,25). The Kier molecular flexibility index (Phi) is 2.93. The van der Waals surface area contributed by atoms with Crippen LogP contribution in [0.1, 0.15) is 34.3 Å². The number of nitrogens with one attached hydrogen (secondary N) is 1. The molecule has 1 aliphatic heterocycles. The molecule has 4 nitrogen and oxygen atoms in total. The Bertz CT molecular complexity index is 965. The van der Waals surface area contributed by atoms with E-state index in [0.717, 1.165) is 24.0 Å². The van der Waals surface area contributed by atoms with E-state index in [1.807, 2.05) is 43.7 Å². The summed E-state index contributed by atoms with van der Waals surface area (Å²) in [5, 5.41) is 3.18. The Morgan fingerprint density at radius 2 is 1.92 bits per heavy atom. The van der Waals surface area contributed by atoms with Crippen LogP contribution in [-0.2, 0) is 5.54 Å². The minimum absolute atomic E-state index is 0.0111. The van der Waals surface area contributed by atoms with Crippen LogP contribution in [0.4, 0.5) is 0 Å². The number of benzene rings is 2. The summed E-state index contributed by atoms with van der Waals surface area (Å²) < 4.78 is 2.28. The summed E-state index contributed by atoms with van der Waals surface area (Å²) in [6.07, 6.45) is 5.68. The number of aromatic nitrogens is 2. The fourth-order valence-corrected chi connectivity index (χ4v) is 4.33. The number of imidazole rings is 1. The van der Waals surface area contributed by atoms with E-state index in [9.17, 15) is 4.79 Å². The molecule has 0 unspecified atom stereocenters. The van der Waals surface area contributed by atoms with Gasteiger partial charge in [0.15, 0.2) is 0 Å². The van der Waals surface area contributed by atoms with Crippen molar-refractivity contribution in [2.75, 3.05) is 0 Å². The second-order valence-corrected chi connectivity index (χ2v) is 7.17. The molecule has 0 saturated heterocycles. The third-order valence-electron chi connectivity index (χ3n) is 5.62. The smallest absolute Gasteiger partial charge is 0.251 e. The molecule has 124 valence electrons. The molecule has 1 N–H and O–H groups in total. The quantitative estimate of drug-likeness (QED) is 0.782. The molecule has 2 aliphatic rings. The van der Waals surface area contributed by atoms with Crippen molar-refractivity contribution in [3.63, 3.8) is 0 Å². The van der Waals surface area contributed by atoms with Crippen LogP contribution in [0, 0.1) is 6.92 Å². The first-order valence-electron chi connectivity index (χ1n) is 8.68. The number of hydrogen-bond donors (Lipinski definition) is 1. The number of fused-ring (bicyclic) bond motifs is 5. The molecule has 0 bridgehead atoms. The summed E-state index contributed by atoms with van der Waals surface area (Å²) in [5.74, 6) is 0.0111. The second-order valence-electron chi connectivity index (χ2n) is 7.17. The molecular weight excluding hydrogens is 310 g/mol. The maximum atomic E-state index is 12.5. The molecule has 5 rings (SSSR count). The van der Waals surface area contributed by atoms with Crippen molar-refractivity contribution in [1.82, 2.24) is 14.9 Å². The Labute approximate surface area is 146 Å². The van der Waals surface area contributed by atoms with Gasteiger partial charge in [0.25, 0.3) is 5.91 Å². The highest BCUT2D eigenvalue weighted by Gasteiger charge is 2.52.